The number of piperazine rings is 1. The largest absolute Gasteiger partial charge is 0.494 e. The van der Waals surface area contributed by atoms with Gasteiger partial charge in [0, 0.05) is 50.2 Å². The van der Waals surface area contributed by atoms with Crippen LogP contribution in [0.4, 0.5) is 23.0 Å². The molecular formula is C34H42ClN7O3. The van der Waals surface area contributed by atoms with Crippen molar-refractivity contribution in [3.05, 3.63) is 64.4 Å². The third-order valence-electron chi connectivity index (χ3n) is 9.40. The quantitative estimate of drug-likeness (QED) is 0.363. The smallest absolute Gasteiger partial charge is 0.234 e. The number of ether oxygens (including phenoxy) is 1. The zero-order valence-corrected chi connectivity index (χ0v) is 27.3. The minimum atomic E-state index is -0.589. The number of hydrogen-bond donors (Lipinski definition) is 2. The number of anilines is 4. The molecule has 0 radical (unpaired) electrons. The van der Waals surface area contributed by atoms with Crippen LogP contribution in [0, 0.1) is 5.92 Å². The number of likely N-dealkylation sites (tertiary alicyclic amines) is 1. The molecule has 3 aliphatic heterocycles. The summed E-state index contributed by atoms with van der Waals surface area (Å²) in [5.74, 6) is 1.53. The van der Waals surface area contributed by atoms with E-state index in [1.54, 1.807) is 13.3 Å². The number of nitrogens with one attached hydrogen (secondary N) is 2. The average molecular weight is 632 g/mol. The highest BCUT2D eigenvalue weighted by molar-refractivity contribution is 6.31. The highest BCUT2D eigenvalue weighted by Crippen LogP contribution is 2.40. The molecule has 4 heterocycles. The lowest BCUT2D eigenvalue weighted by Crippen LogP contribution is -2.52. The lowest BCUT2D eigenvalue weighted by molar-refractivity contribution is -0.137. The molecule has 0 saturated carbocycles. The first-order valence-electron chi connectivity index (χ1n) is 15.8. The average Bonchev–Trinajstić information content (AvgIpc) is 3.28. The van der Waals surface area contributed by atoms with Gasteiger partial charge in [0.05, 0.1) is 41.0 Å². The number of amides is 2. The molecule has 10 nitrogen and oxygen atoms in total. The maximum Gasteiger partial charge on any atom is 0.234 e. The van der Waals surface area contributed by atoms with Crippen molar-refractivity contribution < 1.29 is 14.3 Å². The van der Waals surface area contributed by atoms with E-state index in [2.05, 4.69) is 44.6 Å². The Morgan fingerprint density at radius 3 is 2.69 bits per heavy atom. The van der Waals surface area contributed by atoms with Crippen molar-refractivity contribution >= 4 is 46.4 Å². The van der Waals surface area contributed by atoms with Gasteiger partial charge in [0.1, 0.15) is 5.75 Å². The van der Waals surface area contributed by atoms with E-state index in [9.17, 15) is 9.59 Å². The minimum absolute atomic E-state index is 0.0108. The molecule has 3 aromatic rings. The number of carbonyl (C=O) groups excluding carboxylic acids is 2. The molecule has 0 spiro atoms. The van der Waals surface area contributed by atoms with Crippen LogP contribution in [0.2, 0.25) is 5.02 Å². The summed E-state index contributed by atoms with van der Waals surface area (Å²) >= 11 is 6.53. The number of aryl methyl sites for hydroxylation is 2. The molecule has 1 unspecified atom stereocenters. The van der Waals surface area contributed by atoms with Gasteiger partial charge in [-0.15, -0.1) is 0 Å². The van der Waals surface area contributed by atoms with E-state index in [1.165, 1.54) is 0 Å². The number of hydrogen-bond acceptors (Lipinski definition) is 8. The maximum atomic E-state index is 13.1. The molecule has 2 N–H and O–H groups in total. The molecule has 2 aromatic carbocycles. The van der Waals surface area contributed by atoms with Crippen molar-refractivity contribution in [2.45, 2.75) is 44.9 Å². The first-order chi connectivity index (χ1) is 21.6. The summed E-state index contributed by atoms with van der Waals surface area (Å²) in [4.78, 5) is 41.4. The second kappa shape index (κ2) is 12.8. The van der Waals surface area contributed by atoms with Gasteiger partial charge in [0.15, 0.2) is 0 Å². The fraction of sp³-hybridized carbons (Fsp3) is 0.471. The zero-order chi connectivity index (χ0) is 31.7. The van der Waals surface area contributed by atoms with Crippen LogP contribution in [0.15, 0.2) is 42.6 Å². The normalized spacial score (nSPS) is 19.7. The number of carbonyl (C=O) groups is 2. The minimum Gasteiger partial charge on any atom is -0.494 e. The summed E-state index contributed by atoms with van der Waals surface area (Å²) in [5.41, 5.74) is 4.94. The molecule has 3 aliphatic rings. The third kappa shape index (κ3) is 6.44. The monoisotopic (exact) mass is 631 g/mol. The van der Waals surface area contributed by atoms with Crippen LogP contribution >= 0.6 is 11.6 Å². The summed E-state index contributed by atoms with van der Waals surface area (Å²) < 4.78 is 5.75. The van der Waals surface area contributed by atoms with Gasteiger partial charge < -0.3 is 30.1 Å². The van der Waals surface area contributed by atoms with Gasteiger partial charge >= 0.3 is 0 Å². The molecule has 2 fully saturated rings. The van der Waals surface area contributed by atoms with Crippen molar-refractivity contribution in [1.29, 1.82) is 0 Å². The molecule has 0 aliphatic carbocycles. The molecule has 6 rings (SSSR count). The lowest BCUT2D eigenvalue weighted by Gasteiger charge is -2.39. The number of aromatic nitrogens is 2. The number of halogens is 1. The predicted octanol–water partition coefficient (Wildman–Crippen LogP) is 4.89. The molecule has 1 atom stereocenters. The second-order valence-electron chi connectivity index (χ2n) is 12.8. The Kier molecular flexibility index (Phi) is 8.88. The summed E-state index contributed by atoms with van der Waals surface area (Å²) in [6.45, 7) is 8.84. The summed E-state index contributed by atoms with van der Waals surface area (Å²) in [6, 6.07) is 12.0. The van der Waals surface area contributed by atoms with Crippen LogP contribution in [0.25, 0.3) is 0 Å². The predicted molar refractivity (Wildman–Crippen MR) is 178 cm³/mol. The van der Waals surface area contributed by atoms with Crippen molar-refractivity contribution in [3.63, 3.8) is 0 Å². The van der Waals surface area contributed by atoms with Crippen LogP contribution in [0.5, 0.6) is 5.75 Å². The van der Waals surface area contributed by atoms with Gasteiger partial charge in [0.2, 0.25) is 17.8 Å². The van der Waals surface area contributed by atoms with E-state index in [0.29, 0.717) is 35.5 Å². The Bertz CT molecular complexity index is 1590. The highest BCUT2D eigenvalue weighted by atomic mass is 35.5. The maximum absolute atomic E-state index is 13.1. The summed E-state index contributed by atoms with van der Waals surface area (Å²) in [6.07, 6.45) is 4.97. The second-order valence-corrected chi connectivity index (χ2v) is 13.2. The van der Waals surface area contributed by atoms with Crippen LogP contribution in [0.1, 0.15) is 43.5 Å². The molecule has 45 heavy (non-hydrogen) atoms. The van der Waals surface area contributed by atoms with Crippen molar-refractivity contribution in [2.75, 3.05) is 69.0 Å². The van der Waals surface area contributed by atoms with E-state index in [1.807, 2.05) is 43.0 Å². The molecular weight excluding hydrogens is 590 g/mol. The van der Waals surface area contributed by atoms with Crippen molar-refractivity contribution in [1.82, 2.24) is 19.8 Å². The topological polar surface area (TPSA) is 103 Å². The summed E-state index contributed by atoms with van der Waals surface area (Å²) in [7, 11) is 3.75. The Morgan fingerprint density at radius 2 is 1.93 bits per heavy atom. The fourth-order valence-corrected chi connectivity index (χ4v) is 7.03. The van der Waals surface area contributed by atoms with E-state index in [-0.39, 0.29) is 11.8 Å². The first-order valence-corrected chi connectivity index (χ1v) is 16.1. The van der Waals surface area contributed by atoms with E-state index < -0.39 is 5.41 Å². The lowest BCUT2D eigenvalue weighted by atomic mass is 9.82. The Hall–Kier alpha value is -3.89. The molecule has 238 valence electrons. The van der Waals surface area contributed by atoms with Crippen molar-refractivity contribution in [2.24, 2.45) is 5.92 Å². The van der Waals surface area contributed by atoms with Crippen LogP contribution < -0.4 is 20.3 Å². The zero-order valence-electron chi connectivity index (χ0n) is 26.5. The van der Waals surface area contributed by atoms with E-state index in [0.717, 1.165) is 86.0 Å². The molecule has 0 bridgehead atoms. The van der Waals surface area contributed by atoms with Crippen LogP contribution in [-0.4, -0.2) is 85.0 Å². The van der Waals surface area contributed by atoms with Crippen LogP contribution in [-0.2, 0) is 27.8 Å². The fourth-order valence-electron chi connectivity index (χ4n) is 6.85. The SMILES string of the molecule is COc1cc(N2CCN(C(=O)C3CCCN(C)C3)CC2)ccc1Nc1ncc(Cl)c(CCc2cccc3c2C(C)(C)C(=O)N3)n1. The van der Waals surface area contributed by atoms with E-state index >= 15 is 0 Å². The van der Waals surface area contributed by atoms with Crippen LogP contribution in [0.3, 0.4) is 0 Å². The Labute approximate surface area is 270 Å². The van der Waals surface area contributed by atoms with Gasteiger partial charge in [0.25, 0.3) is 0 Å². The number of rotatable bonds is 8. The van der Waals surface area contributed by atoms with Gasteiger partial charge in [-0.1, -0.05) is 23.7 Å². The molecule has 2 amide bonds. The number of methoxy groups -OCH3 is 1. The van der Waals surface area contributed by atoms with Gasteiger partial charge in [-0.3, -0.25) is 9.59 Å². The summed E-state index contributed by atoms with van der Waals surface area (Å²) in [5, 5.41) is 6.80. The highest BCUT2D eigenvalue weighted by Gasteiger charge is 2.40. The first kappa shape index (κ1) is 31.1. The number of fused-ring (bicyclic) bond motifs is 1. The van der Waals surface area contributed by atoms with Crippen molar-refractivity contribution in [3.8, 4) is 5.75 Å². The third-order valence-corrected chi connectivity index (χ3v) is 9.72. The Morgan fingerprint density at radius 1 is 1.13 bits per heavy atom. The molecule has 1 aromatic heterocycles. The van der Waals surface area contributed by atoms with Gasteiger partial charge in [-0.2, -0.15) is 0 Å². The van der Waals surface area contributed by atoms with E-state index in [4.69, 9.17) is 21.3 Å². The number of benzene rings is 2. The standard InChI is InChI=1S/C34H42ClN7O3/c1-34(2)30-22(7-5-9-28(30)37-32(34)44)10-12-26-25(35)20-36-33(38-26)39-27-13-11-24(19-29(27)45-4)41-15-17-42(18-16-41)31(43)23-8-6-14-40(3)21-23/h5,7,9,11,13,19-20,23H,6,8,10,12,14-18,21H2,1-4H3,(H,37,44)(H,36,38,39). The van der Waals surface area contributed by atoms with Gasteiger partial charge in [-0.05, 0) is 82.4 Å². The Balaban J connectivity index is 1.10. The molecule has 2 saturated heterocycles. The number of nitrogens with zero attached hydrogens (tertiary/aromatic N) is 5. The number of piperidine rings is 1. The van der Waals surface area contributed by atoms with Gasteiger partial charge in [-0.25, -0.2) is 9.97 Å². The molecule has 11 heteroatoms.